The first-order valence-electron chi connectivity index (χ1n) is 20.4. The second-order valence-electron chi connectivity index (χ2n) is 15.5. The van der Waals surface area contributed by atoms with Crippen molar-refractivity contribution in [3.8, 4) is 33.6 Å². The monoisotopic (exact) mass is 752 g/mol. The summed E-state index contributed by atoms with van der Waals surface area (Å²) in [5.41, 5.74) is 13.0. The van der Waals surface area contributed by atoms with E-state index < -0.39 is 0 Å². The summed E-state index contributed by atoms with van der Waals surface area (Å²) in [7, 11) is 0. The van der Waals surface area contributed by atoms with E-state index >= 15 is 0 Å². The summed E-state index contributed by atoms with van der Waals surface area (Å²) in [4.78, 5) is 10.5. The van der Waals surface area contributed by atoms with Gasteiger partial charge in [0.1, 0.15) is 11.2 Å². The Balaban J connectivity index is 0.970. The van der Waals surface area contributed by atoms with Gasteiger partial charge >= 0.3 is 0 Å². The first kappa shape index (κ1) is 33.5. The van der Waals surface area contributed by atoms with Crippen molar-refractivity contribution in [2.24, 2.45) is 0 Å². The highest BCUT2D eigenvalue weighted by molar-refractivity contribution is 6.24. The molecule has 11 aromatic rings. The molecule has 12 rings (SSSR count). The molecule has 3 heterocycles. The van der Waals surface area contributed by atoms with E-state index in [1.54, 1.807) is 0 Å². The van der Waals surface area contributed by atoms with Gasteiger partial charge in [0.25, 0.3) is 0 Å². The number of hydrogen-bond donors (Lipinski definition) is 0. The van der Waals surface area contributed by atoms with Gasteiger partial charge in [0.2, 0.25) is 0 Å². The van der Waals surface area contributed by atoms with Crippen LogP contribution in [0.1, 0.15) is 18.4 Å². The molecule has 3 nitrogen and oxygen atoms in total. The number of nitrogens with zero attached hydrogens (tertiary/aromatic N) is 2. The van der Waals surface area contributed by atoms with Gasteiger partial charge in [-0.15, -0.1) is 0 Å². The Morgan fingerprint density at radius 1 is 0.475 bits per heavy atom. The predicted molar refractivity (Wildman–Crippen MR) is 247 cm³/mol. The topological polar surface area (TPSA) is 38.9 Å². The number of aromatic nitrogens is 2. The standard InChI is InChI=1S/C56H36N2O/c1-2-12-37(13-3-1)50-33-28-38-27-26-36-25-24-35(14-11-21-43(36)54(38)57-50)41-29-30-42(45-18-5-4-17-44(41)45)39-15-10-16-40(34-39)55-49-32-31-47-46-19-7-9-23-52(46)59-56(47)53(49)48-20-6-8-22-51(48)58-55/h1-10,12-13,15-34H,11,14H2/b35-24+,36-25-,43-21+. The van der Waals surface area contributed by atoms with Gasteiger partial charge in [0.05, 0.1) is 22.4 Å². The van der Waals surface area contributed by atoms with E-state index in [1.807, 2.05) is 12.1 Å². The summed E-state index contributed by atoms with van der Waals surface area (Å²) in [6, 6.07) is 62.7. The van der Waals surface area contributed by atoms with Crippen molar-refractivity contribution in [2.75, 3.05) is 0 Å². The normalized spacial score (nSPS) is 15.0. The van der Waals surface area contributed by atoms with Crippen LogP contribution in [0.4, 0.5) is 0 Å². The van der Waals surface area contributed by atoms with E-state index in [-0.39, 0.29) is 0 Å². The minimum absolute atomic E-state index is 0.898. The highest BCUT2D eigenvalue weighted by Crippen LogP contribution is 2.42. The molecular formula is C56H36N2O. The van der Waals surface area contributed by atoms with Crippen LogP contribution >= 0.6 is 0 Å². The van der Waals surface area contributed by atoms with Crippen LogP contribution in [0, 0.1) is 0 Å². The number of hydrogen-bond acceptors (Lipinski definition) is 3. The number of rotatable bonds is 4. The Hall–Kier alpha value is -7.62. The molecule has 1 aliphatic rings. The molecule has 0 N–H and O–H groups in total. The van der Waals surface area contributed by atoms with Crippen molar-refractivity contribution >= 4 is 83.0 Å². The van der Waals surface area contributed by atoms with Crippen LogP contribution in [-0.2, 0) is 0 Å². The molecule has 0 fully saturated rings. The molecule has 276 valence electrons. The molecule has 0 bridgehead atoms. The SMILES string of the molecule is C1=c2/ccc3ccc(-c4ccccc4)nc3/c2=C/CC\C(c2ccc(-c3cccc(-c4nc5ccccc5c5c4ccc4c6ccccc6oc45)c3)c3ccccc23)=C/1. The van der Waals surface area contributed by atoms with Gasteiger partial charge in [-0.1, -0.05) is 164 Å². The lowest BCUT2D eigenvalue weighted by Gasteiger charge is -2.16. The Morgan fingerprint density at radius 2 is 1.19 bits per heavy atom. The molecule has 0 atom stereocenters. The predicted octanol–water partition coefficient (Wildman–Crippen LogP) is 13.4. The second kappa shape index (κ2) is 13.5. The van der Waals surface area contributed by atoms with Crippen LogP contribution < -0.4 is 10.4 Å². The maximum atomic E-state index is 6.60. The smallest absolute Gasteiger partial charge is 0.144 e. The summed E-state index contributed by atoms with van der Waals surface area (Å²) in [6.07, 6.45) is 8.85. The van der Waals surface area contributed by atoms with Gasteiger partial charge in [-0.25, -0.2) is 9.97 Å². The first-order valence-corrected chi connectivity index (χ1v) is 20.4. The van der Waals surface area contributed by atoms with Crippen LogP contribution in [0.2, 0.25) is 0 Å². The van der Waals surface area contributed by atoms with Crippen molar-refractivity contribution < 1.29 is 4.42 Å². The van der Waals surface area contributed by atoms with E-state index in [4.69, 9.17) is 14.4 Å². The molecule has 0 saturated carbocycles. The first-order chi connectivity index (χ1) is 29.2. The highest BCUT2D eigenvalue weighted by atomic mass is 16.3. The largest absolute Gasteiger partial charge is 0.455 e. The molecule has 0 unspecified atom stereocenters. The third kappa shape index (κ3) is 5.50. The summed E-state index contributed by atoms with van der Waals surface area (Å²) < 4.78 is 6.60. The summed E-state index contributed by atoms with van der Waals surface area (Å²) in [5, 5.41) is 11.6. The fourth-order valence-electron chi connectivity index (χ4n) is 9.33. The number of fused-ring (bicyclic) bond motifs is 11. The van der Waals surface area contributed by atoms with Crippen molar-refractivity contribution in [1.82, 2.24) is 9.97 Å². The fraction of sp³-hybridized carbons (Fsp3) is 0.0357. The zero-order valence-corrected chi connectivity index (χ0v) is 32.2. The molecule has 0 amide bonds. The van der Waals surface area contributed by atoms with E-state index in [9.17, 15) is 0 Å². The fourth-order valence-corrected chi connectivity index (χ4v) is 9.33. The lowest BCUT2D eigenvalue weighted by Crippen LogP contribution is -2.26. The maximum Gasteiger partial charge on any atom is 0.144 e. The van der Waals surface area contributed by atoms with Crippen LogP contribution in [0.15, 0.2) is 186 Å². The number of pyridine rings is 2. The number of para-hydroxylation sites is 2. The lowest BCUT2D eigenvalue weighted by molar-refractivity contribution is 0.673. The van der Waals surface area contributed by atoms with Crippen LogP contribution in [0.5, 0.6) is 0 Å². The molecule has 3 heteroatoms. The summed E-state index contributed by atoms with van der Waals surface area (Å²) in [5.74, 6) is 0. The number of benzene rings is 8. The van der Waals surface area contributed by atoms with Gasteiger partial charge < -0.3 is 4.42 Å². The summed E-state index contributed by atoms with van der Waals surface area (Å²) in [6.45, 7) is 0. The Morgan fingerprint density at radius 3 is 2.08 bits per heavy atom. The van der Waals surface area contributed by atoms with E-state index in [2.05, 4.69) is 182 Å². The third-order valence-corrected chi connectivity index (χ3v) is 12.2. The van der Waals surface area contributed by atoms with E-state index in [0.717, 1.165) is 95.4 Å². The minimum Gasteiger partial charge on any atom is -0.455 e. The van der Waals surface area contributed by atoms with Crippen molar-refractivity contribution in [3.05, 3.63) is 198 Å². The van der Waals surface area contributed by atoms with Gasteiger partial charge in [0.15, 0.2) is 0 Å². The molecule has 1 aliphatic carbocycles. The third-order valence-electron chi connectivity index (χ3n) is 12.2. The number of furan rings is 1. The maximum absolute atomic E-state index is 6.60. The zero-order valence-electron chi connectivity index (χ0n) is 32.2. The average Bonchev–Trinajstić information content (AvgIpc) is 3.68. The van der Waals surface area contributed by atoms with Gasteiger partial charge in [-0.05, 0) is 81.4 Å². The zero-order chi connectivity index (χ0) is 38.9. The molecule has 0 spiro atoms. The summed E-state index contributed by atoms with van der Waals surface area (Å²) >= 11 is 0. The van der Waals surface area contributed by atoms with Crippen LogP contribution in [0.25, 0.3) is 117 Å². The van der Waals surface area contributed by atoms with Crippen LogP contribution in [0.3, 0.4) is 0 Å². The van der Waals surface area contributed by atoms with Crippen molar-refractivity contribution in [2.45, 2.75) is 12.8 Å². The average molecular weight is 753 g/mol. The minimum atomic E-state index is 0.898. The molecule has 3 aromatic heterocycles. The van der Waals surface area contributed by atoms with Gasteiger partial charge in [-0.2, -0.15) is 0 Å². The van der Waals surface area contributed by atoms with E-state index in [1.165, 1.54) is 37.9 Å². The molecular weight excluding hydrogens is 717 g/mol. The molecule has 8 aromatic carbocycles. The number of allylic oxidation sites excluding steroid dienone is 2. The Kier molecular flexibility index (Phi) is 7.67. The van der Waals surface area contributed by atoms with Crippen LogP contribution in [-0.4, -0.2) is 9.97 Å². The molecule has 59 heavy (non-hydrogen) atoms. The molecule has 0 aliphatic heterocycles. The van der Waals surface area contributed by atoms with E-state index in [0.29, 0.717) is 0 Å². The Bertz CT molecular complexity index is 3670. The Labute approximate surface area is 340 Å². The lowest BCUT2D eigenvalue weighted by atomic mass is 9.89. The highest BCUT2D eigenvalue weighted by Gasteiger charge is 2.18. The molecule has 0 saturated heterocycles. The van der Waals surface area contributed by atoms with Gasteiger partial charge in [-0.3, -0.25) is 0 Å². The molecule has 0 radical (unpaired) electrons. The quantitative estimate of drug-likeness (QED) is 0.168. The van der Waals surface area contributed by atoms with Crippen molar-refractivity contribution in [1.29, 1.82) is 0 Å². The van der Waals surface area contributed by atoms with Gasteiger partial charge in [0, 0.05) is 48.7 Å². The van der Waals surface area contributed by atoms with Crippen molar-refractivity contribution in [3.63, 3.8) is 0 Å². The second-order valence-corrected chi connectivity index (χ2v) is 15.5.